The quantitative estimate of drug-likeness (QED) is 0.742. The van der Waals surface area contributed by atoms with Crippen LogP contribution < -0.4 is 9.47 Å². The zero-order chi connectivity index (χ0) is 15.6. The summed E-state index contributed by atoms with van der Waals surface area (Å²) in [6.45, 7) is 6.65. The van der Waals surface area contributed by atoms with Crippen molar-refractivity contribution in [2.45, 2.75) is 39.1 Å². The van der Waals surface area contributed by atoms with Gasteiger partial charge in [-0.05, 0) is 12.8 Å². The van der Waals surface area contributed by atoms with Crippen LogP contribution in [-0.4, -0.2) is 23.8 Å². The van der Waals surface area contributed by atoms with Gasteiger partial charge in [0, 0.05) is 18.2 Å². The predicted octanol–water partition coefficient (Wildman–Crippen LogP) is 4.40. The van der Waals surface area contributed by atoms with Gasteiger partial charge in [0.25, 0.3) is 0 Å². The topological polar surface area (TPSA) is 36.3 Å². The van der Waals surface area contributed by atoms with E-state index in [-0.39, 0.29) is 0 Å². The van der Waals surface area contributed by atoms with Gasteiger partial charge in [0.15, 0.2) is 11.5 Å². The number of rotatable bonds is 6. The summed E-state index contributed by atoms with van der Waals surface area (Å²) >= 11 is 6.10. The molecule has 4 nitrogen and oxygen atoms in total. The number of halogens is 1. The maximum atomic E-state index is 6.10. The Balaban J connectivity index is 2.67. The van der Waals surface area contributed by atoms with E-state index in [4.69, 9.17) is 21.1 Å². The van der Waals surface area contributed by atoms with E-state index >= 15 is 0 Å². The molecular formula is C16H23ClN2O2. The average molecular weight is 311 g/mol. The molecule has 2 atom stereocenters. The lowest BCUT2D eigenvalue weighted by Crippen LogP contribution is -2.15. The highest BCUT2D eigenvalue weighted by molar-refractivity contribution is 6.16. The van der Waals surface area contributed by atoms with E-state index in [0.717, 1.165) is 23.3 Å². The van der Waals surface area contributed by atoms with Gasteiger partial charge in [0.05, 0.1) is 31.1 Å². The first-order valence-electron chi connectivity index (χ1n) is 7.26. The van der Waals surface area contributed by atoms with E-state index in [1.54, 1.807) is 14.2 Å². The summed E-state index contributed by atoms with van der Waals surface area (Å²) in [7, 11) is 3.27. The van der Waals surface area contributed by atoms with E-state index in [9.17, 15) is 0 Å². The summed E-state index contributed by atoms with van der Waals surface area (Å²) in [6, 6.07) is 4.21. The van der Waals surface area contributed by atoms with Crippen LogP contribution in [0, 0.1) is 5.92 Å². The summed E-state index contributed by atoms with van der Waals surface area (Å²) in [5.74, 6) is 3.21. The number of hydrogen-bond acceptors (Lipinski definition) is 3. The van der Waals surface area contributed by atoms with Gasteiger partial charge in [0.2, 0.25) is 0 Å². The van der Waals surface area contributed by atoms with Gasteiger partial charge in [-0.3, -0.25) is 0 Å². The fraction of sp³-hybridized carbons (Fsp3) is 0.562. The van der Waals surface area contributed by atoms with Gasteiger partial charge in [-0.2, -0.15) is 0 Å². The standard InChI is InChI=1S/C16H23ClN2O2/c1-6-10(2)11(3)19-13-8-15(21-5)14(20-4)7-12(13)18-16(19)9-17/h7-8,10-11H,6,9H2,1-5H3. The number of ether oxygens (including phenoxy) is 2. The molecule has 0 aliphatic carbocycles. The Morgan fingerprint density at radius 1 is 1.19 bits per heavy atom. The summed E-state index contributed by atoms with van der Waals surface area (Å²) in [4.78, 5) is 4.65. The number of aromatic nitrogens is 2. The third kappa shape index (κ3) is 2.82. The van der Waals surface area contributed by atoms with Gasteiger partial charge < -0.3 is 14.0 Å². The minimum atomic E-state index is 0.326. The second-order valence-corrected chi connectivity index (χ2v) is 5.62. The fourth-order valence-electron chi connectivity index (χ4n) is 2.62. The second-order valence-electron chi connectivity index (χ2n) is 5.35. The van der Waals surface area contributed by atoms with Crippen molar-refractivity contribution in [3.05, 3.63) is 18.0 Å². The Labute approximate surface area is 131 Å². The van der Waals surface area contributed by atoms with Crippen LogP contribution in [0.5, 0.6) is 11.5 Å². The van der Waals surface area contributed by atoms with Crippen LogP contribution in [0.2, 0.25) is 0 Å². The third-order valence-electron chi connectivity index (χ3n) is 4.26. The maximum Gasteiger partial charge on any atom is 0.163 e. The number of alkyl halides is 1. The zero-order valence-electron chi connectivity index (χ0n) is 13.3. The third-order valence-corrected chi connectivity index (χ3v) is 4.50. The van der Waals surface area contributed by atoms with Gasteiger partial charge in [0.1, 0.15) is 5.82 Å². The molecule has 1 heterocycles. The van der Waals surface area contributed by atoms with Gasteiger partial charge in [-0.15, -0.1) is 11.6 Å². The van der Waals surface area contributed by atoms with Crippen LogP contribution in [0.25, 0.3) is 11.0 Å². The van der Waals surface area contributed by atoms with Crippen molar-refractivity contribution in [3.63, 3.8) is 0 Å². The summed E-state index contributed by atoms with van der Waals surface area (Å²) in [5, 5.41) is 0. The Hall–Kier alpha value is -1.42. The molecule has 0 aliphatic heterocycles. The molecule has 0 amide bonds. The van der Waals surface area contributed by atoms with Crippen molar-refractivity contribution in [2.75, 3.05) is 14.2 Å². The smallest absolute Gasteiger partial charge is 0.163 e. The largest absolute Gasteiger partial charge is 0.493 e. The summed E-state index contributed by atoms with van der Waals surface area (Å²) < 4.78 is 13.0. The van der Waals surface area contributed by atoms with Gasteiger partial charge >= 0.3 is 0 Å². The molecule has 21 heavy (non-hydrogen) atoms. The molecule has 0 aliphatic rings. The molecule has 2 aromatic rings. The van der Waals surface area contributed by atoms with E-state index in [1.165, 1.54) is 0 Å². The molecule has 2 rings (SSSR count). The monoisotopic (exact) mass is 310 g/mol. The highest BCUT2D eigenvalue weighted by Crippen LogP contribution is 2.35. The fourth-order valence-corrected chi connectivity index (χ4v) is 2.80. The molecule has 0 radical (unpaired) electrons. The number of fused-ring (bicyclic) bond motifs is 1. The highest BCUT2D eigenvalue weighted by atomic mass is 35.5. The molecule has 0 saturated heterocycles. The molecule has 116 valence electrons. The second kappa shape index (κ2) is 6.56. The first-order valence-corrected chi connectivity index (χ1v) is 7.79. The zero-order valence-corrected chi connectivity index (χ0v) is 14.1. The molecule has 1 aromatic carbocycles. The average Bonchev–Trinajstić information content (AvgIpc) is 2.88. The normalized spacial score (nSPS) is 14.2. The molecule has 1 aromatic heterocycles. The number of methoxy groups -OCH3 is 2. The SMILES string of the molecule is CCC(C)C(C)n1c(CCl)nc2cc(OC)c(OC)cc21. The minimum Gasteiger partial charge on any atom is -0.493 e. The predicted molar refractivity (Wildman–Crippen MR) is 86.6 cm³/mol. The van der Waals surface area contributed by atoms with Crippen molar-refractivity contribution in [3.8, 4) is 11.5 Å². The molecular weight excluding hydrogens is 288 g/mol. The van der Waals surface area contributed by atoms with E-state index in [0.29, 0.717) is 29.3 Å². The molecule has 0 bridgehead atoms. The van der Waals surface area contributed by atoms with Crippen LogP contribution in [0.3, 0.4) is 0 Å². The number of nitrogens with zero attached hydrogens (tertiary/aromatic N) is 2. The lowest BCUT2D eigenvalue weighted by molar-refractivity contribution is 0.354. The van der Waals surface area contributed by atoms with Crippen molar-refractivity contribution >= 4 is 22.6 Å². The lowest BCUT2D eigenvalue weighted by Gasteiger charge is -2.23. The van der Waals surface area contributed by atoms with Crippen LogP contribution in [0.15, 0.2) is 12.1 Å². The first kappa shape index (κ1) is 16.0. The Morgan fingerprint density at radius 3 is 2.33 bits per heavy atom. The van der Waals surface area contributed by atoms with Crippen LogP contribution >= 0.6 is 11.6 Å². The number of benzene rings is 1. The van der Waals surface area contributed by atoms with Crippen molar-refractivity contribution in [1.29, 1.82) is 0 Å². The van der Waals surface area contributed by atoms with Crippen molar-refractivity contribution < 1.29 is 9.47 Å². The van der Waals surface area contributed by atoms with E-state index < -0.39 is 0 Å². The molecule has 0 N–H and O–H groups in total. The molecule has 2 unspecified atom stereocenters. The molecule has 0 spiro atoms. The highest BCUT2D eigenvalue weighted by Gasteiger charge is 2.21. The molecule has 0 saturated carbocycles. The first-order chi connectivity index (χ1) is 10.1. The van der Waals surface area contributed by atoms with Gasteiger partial charge in [-0.1, -0.05) is 20.3 Å². The van der Waals surface area contributed by atoms with Crippen LogP contribution in [0.4, 0.5) is 0 Å². The summed E-state index contributed by atoms with van der Waals surface area (Å²) in [5.41, 5.74) is 1.93. The van der Waals surface area contributed by atoms with Crippen LogP contribution in [0.1, 0.15) is 39.1 Å². The van der Waals surface area contributed by atoms with Gasteiger partial charge in [-0.25, -0.2) is 4.98 Å². The van der Waals surface area contributed by atoms with E-state index in [1.807, 2.05) is 12.1 Å². The number of imidazole rings is 1. The van der Waals surface area contributed by atoms with Crippen molar-refractivity contribution in [2.24, 2.45) is 5.92 Å². The Morgan fingerprint density at radius 2 is 1.81 bits per heavy atom. The van der Waals surface area contributed by atoms with E-state index in [2.05, 4.69) is 30.3 Å². The Kier molecular flexibility index (Phi) is 4.99. The Bertz CT molecular complexity index is 624. The number of hydrogen-bond donors (Lipinski definition) is 0. The minimum absolute atomic E-state index is 0.326. The lowest BCUT2D eigenvalue weighted by atomic mass is 10.0. The maximum absolute atomic E-state index is 6.10. The summed E-state index contributed by atoms with van der Waals surface area (Å²) in [6.07, 6.45) is 1.11. The molecule has 0 fully saturated rings. The van der Waals surface area contributed by atoms with Crippen LogP contribution in [-0.2, 0) is 5.88 Å². The van der Waals surface area contributed by atoms with Crippen molar-refractivity contribution in [1.82, 2.24) is 9.55 Å². The molecule has 5 heteroatoms.